The molecule has 2 N–H and O–H groups in total. The highest BCUT2D eigenvalue weighted by molar-refractivity contribution is 5.73. The Morgan fingerprint density at radius 1 is 1.27 bits per heavy atom. The van der Waals surface area contributed by atoms with Crippen molar-refractivity contribution in [3.05, 3.63) is 47.1 Å². The van der Waals surface area contributed by atoms with Gasteiger partial charge in [-0.2, -0.15) is 18.2 Å². The summed E-state index contributed by atoms with van der Waals surface area (Å²) in [4.78, 5) is 15.4. The van der Waals surface area contributed by atoms with E-state index < -0.39 is 17.8 Å². The van der Waals surface area contributed by atoms with Gasteiger partial charge in [-0.25, -0.2) is 4.79 Å². The van der Waals surface area contributed by atoms with E-state index in [1.54, 1.807) is 6.92 Å². The van der Waals surface area contributed by atoms with Crippen LogP contribution in [0, 0.1) is 6.92 Å². The summed E-state index contributed by atoms with van der Waals surface area (Å²) >= 11 is 0. The lowest BCUT2D eigenvalue weighted by atomic mass is 10.1. The van der Waals surface area contributed by atoms with Gasteiger partial charge in [-0.15, -0.1) is 0 Å². The van der Waals surface area contributed by atoms with E-state index in [1.165, 1.54) is 12.1 Å². The molecule has 1 heterocycles. The Labute approximate surface area is 123 Å². The summed E-state index contributed by atoms with van der Waals surface area (Å²) in [5, 5.41) is 8.46. The van der Waals surface area contributed by atoms with E-state index in [4.69, 9.17) is 4.52 Å². The summed E-state index contributed by atoms with van der Waals surface area (Å²) in [6.45, 7) is 1.65. The first-order valence-electron chi connectivity index (χ1n) is 6.31. The smallest absolute Gasteiger partial charge is 0.337 e. The van der Waals surface area contributed by atoms with Crippen LogP contribution in [0.2, 0.25) is 0 Å². The third-order valence-electron chi connectivity index (χ3n) is 2.68. The van der Waals surface area contributed by atoms with Crippen molar-refractivity contribution in [1.82, 2.24) is 20.8 Å². The Bertz CT molecular complexity index is 655. The average Bonchev–Trinajstić information content (AvgIpc) is 2.88. The van der Waals surface area contributed by atoms with Crippen LogP contribution in [0.1, 0.15) is 22.8 Å². The molecule has 1 aromatic heterocycles. The number of nitrogens with zero attached hydrogens (tertiary/aromatic N) is 2. The van der Waals surface area contributed by atoms with Crippen molar-refractivity contribution in [2.45, 2.75) is 26.2 Å². The van der Waals surface area contributed by atoms with E-state index in [-0.39, 0.29) is 19.0 Å². The molecule has 0 spiro atoms. The first-order chi connectivity index (χ1) is 10.3. The lowest BCUT2D eigenvalue weighted by Crippen LogP contribution is -2.34. The van der Waals surface area contributed by atoms with Crippen LogP contribution in [-0.4, -0.2) is 16.2 Å². The Morgan fingerprint density at radius 3 is 2.64 bits per heavy atom. The molecular weight excluding hydrogens is 301 g/mol. The number of rotatable bonds is 4. The molecule has 0 atom stereocenters. The van der Waals surface area contributed by atoms with Crippen molar-refractivity contribution in [3.8, 4) is 0 Å². The Morgan fingerprint density at radius 2 is 2.00 bits per heavy atom. The molecule has 0 saturated carbocycles. The number of hydrogen-bond donors (Lipinski definition) is 2. The van der Waals surface area contributed by atoms with Crippen molar-refractivity contribution in [2.75, 3.05) is 0 Å². The molecule has 0 aliphatic heterocycles. The number of carbonyl (C=O) groups excluding carboxylic acids is 1. The lowest BCUT2D eigenvalue weighted by molar-refractivity contribution is -0.137. The maximum atomic E-state index is 12.6. The van der Waals surface area contributed by atoms with E-state index in [2.05, 4.69) is 20.8 Å². The van der Waals surface area contributed by atoms with Crippen LogP contribution in [0.3, 0.4) is 0 Å². The van der Waals surface area contributed by atoms with Gasteiger partial charge >= 0.3 is 12.2 Å². The maximum absolute atomic E-state index is 12.6. The number of halogens is 3. The summed E-state index contributed by atoms with van der Waals surface area (Å²) in [5.74, 6) is 0.688. The molecule has 118 valence electrons. The first kappa shape index (κ1) is 15.8. The summed E-state index contributed by atoms with van der Waals surface area (Å²) in [7, 11) is 0. The van der Waals surface area contributed by atoms with E-state index >= 15 is 0 Å². The van der Waals surface area contributed by atoms with E-state index in [0.717, 1.165) is 12.1 Å². The zero-order valence-electron chi connectivity index (χ0n) is 11.6. The molecule has 2 aromatic rings. The van der Waals surface area contributed by atoms with Crippen molar-refractivity contribution < 1.29 is 22.5 Å². The molecule has 9 heteroatoms. The summed E-state index contributed by atoms with van der Waals surface area (Å²) in [6.07, 6.45) is -4.41. The zero-order chi connectivity index (χ0) is 16.2. The van der Waals surface area contributed by atoms with Crippen LogP contribution in [0.4, 0.5) is 18.0 Å². The van der Waals surface area contributed by atoms with Crippen LogP contribution in [0.15, 0.2) is 28.8 Å². The number of nitrogens with one attached hydrogen (secondary N) is 2. The Hall–Kier alpha value is -2.58. The molecule has 2 amide bonds. The summed E-state index contributed by atoms with van der Waals surface area (Å²) in [6, 6.07) is 4.20. The molecule has 0 unspecified atom stereocenters. The maximum Gasteiger partial charge on any atom is 0.416 e. The SMILES string of the molecule is Cc1noc(CNC(=O)NCc2cccc(C(F)(F)F)c2)n1. The Kier molecular flexibility index (Phi) is 4.64. The molecule has 6 nitrogen and oxygen atoms in total. The fourth-order valence-corrected chi connectivity index (χ4v) is 1.67. The second kappa shape index (κ2) is 6.46. The fraction of sp³-hybridized carbons (Fsp3) is 0.308. The molecule has 0 bridgehead atoms. The lowest BCUT2D eigenvalue weighted by Gasteiger charge is -2.09. The Balaban J connectivity index is 1.83. The second-order valence-electron chi connectivity index (χ2n) is 4.47. The van der Waals surface area contributed by atoms with Gasteiger partial charge < -0.3 is 15.2 Å². The summed E-state index contributed by atoms with van der Waals surface area (Å²) < 4.78 is 42.5. The van der Waals surface area contributed by atoms with Crippen LogP contribution in [0.5, 0.6) is 0 Å². The van der Waals surface area contributed by atoms with E-state index in [1.807, 2.05) is 0 Å². The number of aromatic nitrogens is 2. The van der Waals surface area contributed by atoms with Crippen LogP contribution >= 0.6 is 0 Å². The van der Waals surface area contributed by atoms with Gasteiger partial charge in [0.2, 0.25) is 5.89 Å². The average molecular weight is 314 g/mol. The minimum atomic E-state index is -4.41. The van der Waals surface area contributed by atoms with Crippen molar-refractivity contribution in [2.24, 2.45) is 0 Å². The number of urea groups is 1. The molecule has 0 aliphatic rings. The monoisotopic (exact) mass is 314 g/mol. The molecule has 0 saturated heterocycles. The van der Waals surface area contributed by atoms with Gasteiger partial charge in [0, 0.05) is 6.54 Å². The third kappa shape index (κ3) is 4.47. The van der Waals surface area contributed by atoms with Crippen molar-refractivity contribution in [1.29, 1.82) is 0 Å². The van der Waals surface area contributed by atoms with Crippen LogP contribution in [0.25, 0.3) is 0 Å². The first-order valence-corrected chi connectivity index (χ1v) is 6.31. The van der Waals surface area contributed by atoms with Gasteiger partial charge in [0.25, 0.3) is 0 Å². The molecule has 22 heavy (non-hydrogen) atoms. The van der Waals surface area contributed by atoms with Gasteiger partial charge in [0.05, 0.1) is 12.1 Å². The zero-order valence-corrected chi connectivity index (χ0v) is 11.6. The number of alkyl halides is 3. The van der Waals surface area contributed by atoms with Gasteiger partial charge in [-0.3, -0.25) is 0 Å². The molecule has 0 fully saturated rings. The molecule has 1 aromatic carbocycles. The largest absolute Gasteiger partial charge is 0.416 e. The number of carbonyl (C=O) groups is 1. The highest BCUT2D eigenvalue weighted by atomic mass is 19.4. The van der Waals surface area contributed by atoms with Gasteiger partial charge in [0.15, 0.2) is 5.82 Å². The number of amides is 2. The minimum absolute atomic E-state index is 0.0292. The molecular formula is C13H13F3N4O2. The fourth-order valence-electron chi connectivity index (χ4n) is 1.67. The third-order valence-corrected chi connectivity index (χ3v) is 2.68. The van der Waals surface area contributed by atoms with Crippen molar-refractivity contribution in [3.63, 3.8) is 0 Å². The standard InChI is InChI=1S/C13H13F3N4O2/c1-8-19-11(22-20-8)7-18-12(21)17-6-9-3-2-4-10(5-9)13(14,15)16/h2-5H,6-7H2,1H3,(H2,17,18,21). The predicted octanol–water partition coefficient (Wildman–Crippen LogP) is 2.40. The van der Waals surface area contributed by atoms with Crippen LogP contribution < -0.4 is 10.6 Å². The summed E-state index contributed by atoms with van der Waals surface area (Å²) in [5.41, 5.74) is -0.410. The highest BCUT2D eigenvalue weighted by Gasteiger charge is 2.30. The minimum Gasteiger partial charge on any atom is -0.337 e. The van der Waals surface area contributed by atoms with Gasteiger partial charge in [-0.1, -0.05) is 17.3 Å². The van der Waals surface area contributed by atoms with Gasteiger partial charge in [0.1, 0.15) is 0 Å². The van der Waals surface area contributed by atoms with Crippen LogP contribution in [-0.2, 0) is 19.3 Å². The number of hydrogen-bond acceptors (Lipinski definition) is 4. The molecule has 2 rings (SSSR count). The van der Waals surface area contributed by atoms with E-state index in [0.29, 0.717) is 11.4 Å². The quantitative estimate of drug-likeness (QED) is 0.908. The van der Waals surface area contributed by atoms with Gasteiger partial charge in [-0.05, 0) is 24.6 Å². The normalized spacial score (nSPS) is 11.3. The topological polar surface area (TPSA) is 80.0 Å². The highest BCUT2D eigenvalue weighted by Crippen LogP contribution is 2.29. The molecule has 0 radical (unpaired) electrons. The van der Waals surface area contributed by atoms with E-state index in [9.17, 15) is 18.0 Å². The molecule has 0 aliphatic carbocycles. The second-order valence-corrected chi connectivity index (χ2v) is 4.47. The number of aryl methyl sites for hydroxylation is 1. The number of benzene rings is 1. The predicted molar refractivity (Wildman–Crippen MR) is 69.6 cm³/mol. The van der Waals surface area contributed by atoms with Crippen molar-refractivity contribution >= 4 is 6.03 Å².